The standard InChI is InChI=1S/C5H8O4/c1-3(6)5(2,9)4(7)8/h9H,1-2H3,(H,7,8)/i2+1,9D. The maximum atomic E-state index is 10.5. The van der Waals surface area contributed by atoms with E-state index < -0.39 is 17.4 Å². The monoisotopic (exact) mass is 134 g/mol. The number of aliphatic hydroxyl groups is 1. The number of hydrogen-bond donors (Lipinski definition) is 2. The lowest BCUT2D eigenvalue weighted by Gasteiger charge is -2.11. The van der Waals surface area contributed by atoms with Crippen LogP contribution in [0.2, 0.25) is 0 Å². The van der Waals surface area contributed by atoms with Crippen molar-refractivity contribution in [1.82, 2.24) is 0 Å². The fourth-order valence-electron chi connectivity index (χ4n) is 0.151. The van der Waals surface area contributed by atoms with Gasteiger partial charge in [-0.3, -0.25) is 4.79 Å². The van der Waals surface area contributed by atoms with Crippen molar-refractivity contribution in [2.24, 2.45) is 0 Å². The molecular formula is C5H8O4. The van der Waals surface area contributed by atoms with Gasteiger partial charge in [0, 0.05) is 0 Å². The summed E-state index contributed by atoms with van der Waals surface area (Å²) in [7, 11) is 0. The molecular weight excluding hydrogens is 125 g/mol. The Morgan fingerprint density at radius 2 is 2.11 bits per heavy atom. The minimum absolute atomic E-state index is 0.699. The SMILES string of the molecule is [2H]OC([13CH3])(C(C)=O)C(=O)O. The molecule has 0 heterocycles. The molecule has 52 valence electrons. The quantitative estimate of drug-likeness (QED) is 0.399. The van der Waals surface area contributed by atoms with Gasteiger partial charge >= 0.3 is 5.97 Å². The van der Waals surface area contributed by atoms with Crippen LogP contribution < -0.4 is 0 Å². The second-order valence-electron chi connectivity index (χ2n) is 1.89. The summed E-state index contributed by atoms with van der Waals surface area (Å²) in [5.74, 6) is -2.15. The van der Waals surface area contributed by atoms with Crippen molar-refractivity contribution >= 4 is 11.8 Å². The van der Waals surface area contributed by atoms with E-state index in [1.165, 1.54) is 0 Å². The van der Waals surface area contributed by atoms with Crippen LogP contribution in [0.15, 0.2) is 0 Å². The molecule has 0 aliphatic rings. The van der Waals surface area contributed by atoms with Gasteiger partial charge in [0.15, 0.2) is 5.78 Å². The molecule has 0 aromatic carbocycles. The van der Waals surface area contributed by atoms with Crippen LogP contribution in [0.25, 0.3) is 0 Å². The molecule has 0 saturated heterocycles. The van der Waals surface area contributed by atoms with E-state index in [1.54, 1.807) is 0 Å². The van der Waals surface area contributed by atoms with E-state index in [1.807, 2.05) is 0 Å². The van der Waals surface area contributed by atoms with E-state index >= 15 is 0 Å². The third kappa shape index (κ3) is 1.50. The largest absolute Gasteiger partial charge is 0.479 e. The number of carbonyl (C=O) groups is 2. The summed E-state index contributed by atoms with van der Waals surface area (Å²) in [5, 5.41) is 12.1. The second-order valence-corrected chi connectivity index (χ2v) is 1.89. The van der Waals surface area contributed by atoms with Gasteiger partial charge in [0.05, 0.1) is 0 Å². The topological polar surface area (TPSA) is 74.6 Å². The van der Waals surface area contributed by atoms with Crippen LogP contribution in [0.1, 0.15) is 13.8 Å². The second kappa shape index (κ2) is 2.14. The van der Waals surface area contributed by atoms with Crippen LogP contribution >= 0.6 is 0 Å². The van der Waals surface area contributed by atoms with E-state index in [9.17, 15) is 9.59 Å². The van der Waals surface area contributed by atoms with Crippen molar-refractivity contribution in [2.45, 2.75) is 19.4 Å². The number of rotatable bonds is 3. The summed E-state index contributed by atoms with van der Waals surface area (Å²) in [6.07, 6.45) is 0. The Labute approximate surface area is 53.6 Å². The number of carbonyl (C=O) groups excluding carboxylic acids is 1. The molecule has 4 nitrogen and oxygen atoms in total. The predicted molar refractivity (Wildman–Crippen MR) is 28.9 cm³/mol. The molecule has 0 aromatic heterocycles. The lowest BCUT2D eigenvalue weighted by Crippen LogP contribution is -2.41. The van der Waals surface area contributed by atoms with E-state index in [2.05, 4.69) is 5.11 Å². The van der Waals surface area contributed by atoms with Crippen molar-refractivity contribution in [1.29, 1.82) is 1.43 Å². The molecule has 1 unspecified atom stereocenters. The molecule has 0 aliphatic heterocycles. The van der Waals surface area contributed by atoms with Gasteiger partial charge in [0.2, 0.25) is 7.03 Å². The molecule has 0 fully saturated rings. The molecule has 1 atom stereocenters. The molecule has 0 radical (unpaired) electrons. The Kier molecular flexibility index (Phi) is 1.48. The van der Waals surface area contributed by atoms with Crippen molar-refractivity contribution < 1.29 is 19.8 Å². The number of Topliss-reactive ketones (excluding diaryl/α,β-unsaturated/α-hetero) is 1. The number of aliphatic carboxylic acids is 1. The first kappa shape index (κ1) is 6.22. The highest BCUT2D eigenvalue weighted by Gasteiger charge is 2.35. The highest BCUT2D eigenvalue weighted by molar-refractivity contribution is 6.04. The van der Waals surface area contributed by atoms with Gasteiger partial charge in [-0.05, 0) is 13.8 Å². The first-order chi connectivity index (χ1) is 4.45. The fraction of sp³-hybridized carbons (Fsp3) is 0.600. The lowest BCUT2D eigenvalue weighted by atomic mass is 10.1. The number of ketones is 1. The lowest BCUT2D eigenvalue weighted by molar-refractivity contribution is -0.162. The Morgan fingerprint density at radius 3 is 2.11 bits per heavy atom. The first-order valence-corrected chi connectivity index (χ1v) is 2.34. The zero-order valence-corrected chi connectivity index (χ0v) is 5.17. The molecule has 0 amide bonds. The predicted octanol–water partition coefficient (Wildman–Crippen LogP) is -0.589. The van der Waals surface area contributed by atoms with Crippen LogP contribution in [0.4, 0.5) is 0 Å². The molecule has 0 rings (SSSR count). The smallest absolute Gasteiger partial charge is 0.343 e. The normalized spacial score (nSPS) is 17.8. The van der Waals surface area contributed by atoms with Gasteiger partial charge < -0.3 is 10.2 Å². The first-order valence-electron chi connectivity index (χ1n) is 2.74. The Balaban J connectivity index is 4.55. The van der Waals surface area contributed by atoms with Crippen molar-refractivity contribution in [3.63, 3.8) is 0 Å². The highest BCUT2D eigenvalue weighted by Crippen LogP contribution is 2.03. The van der Waals surface area contributed by atoms with Gasteiger partial charge in [-0.25, -0.2) is 4.79 Å². The Hall–Kier alpha value is -0.900. The highest BCUT2D eigenvalue weighted by atomic mass is 16.4. The Morgan fingerprint density at radius 1 is 1.67 bits per heavy atom. The number of carboxylic acid groups (broad SMARTS) is 1. The third-order valence-corrected chi connectivity index (χ3v) is 1.08. The van der Waals surface area contributed by atoms with E-state index in [-0.39, 0.29) is 0 Å². The summed E-state index contributed by atoms with van der Waals surface area (Å²) in [6.45, 7) is 2.09. The van der Waals surface area contributed by atoms with E-state index in [0.29, 0.717) is 0 Å². The molecule has 2 N–H and O–H groups in total. The molecule has 9 heavy (non-hydrogen) atoms. The zero-order chi connectivity index (χ0) is 8.36. The molecule has 4 heteroatoms. The van der Waals surface area contributed by atoms with Gasteiger partial charge in [0.1, 0.15) is 0 Å². The van der Waals surface area contributed by atoms with Crippen LogP contribution in [0, 0.1) is 0 Å². The fourth-order valence-corrected chi connectivity index (χ4v) is 0.151. The maximum Gasteiger partial charge on any atom is 0.343 e. The average molecular weight is 134 g/mol. The minimum atomic E-state index is -2.01. The summed E-state index contributed by atoms with van der Waals surface area (Å²) >= 11 is 0. The van der Waals surface area contributed by atoms with Crippen LogP contribution in [0.3, 0.4) is 0 Å². The van der Waals surface area contributed by atoms with Crippen LogP contribution in [-0.2, 0) is 9.59 Å². The van der Waals surface area contributed by atoms with Gasteiger partial charge in [-0.15, -0.1) is 0 Å². The van der Waals surface area contributed by atoms with Gasteiger partial charge in [0.25, 0.3) is 0 Å². The average Bonchev–Trinajstić information content (AvgIpc) is 1.85. The van der Waals surface area contributed by atoms with Crippen molar-refractivity contribution in [3.8, 4) is 0 Å². The van der Waals surface area contributed by atoms with Crippen molar-refractivity contribution in [2.75, 3.05) is 0 Å². The summed E-state index contributed by atoms with van der Waals surface area (Å²) < 4.78 is 6.32. The minimum Gasteiger partial charge on any atom is -0.479 e. The third-order valence-electron chi connectivity index (χ3n) is 1.08. The van der Waals surface area contributed by atoms with Crippen molar-refractivity contribution in [3.05, 3.63) is 0 Å². The number of hydrogen-bond acceptors (Lipinski definition) is 3. The molecule has 0 aromatic rings. The maximum absolute atomic E-state index is 10.5. The summed E-state index contributed by atoms with van der Waals surface area (Å²) in [6, 6.07) is 0. The molecule has 0 saturated carbocycles. The molecule has 0 spiro atoms. The summed E-state index contributed by atoms with van der Waals surface area (Å²) in [4.78, 5) is 20.7. The zero-order valence-electron chi connectivity index (χ0n) is 6.17. The number of carboxylic acids is 1. The van der Waals surface area contributed by atoms with E-state index in [4.69, 9.17) is 6.54 Å². The Bertz CT molecular complexity index is 151. The summed E-state index contributed by atoms with van der Waals surface area (Å²) in [5.41, 5.74) is -2.01. The van der Waals surface area contributed by atoms with E-state index in [0.717, 1.165) is 13.8 Å². The molecule has 0 aliphatic carbocycles. The van der Waals surface area contributed by atoms with Gasteiger partial charge in [-0.2, -0.15) is 0 Å². The van der Waals surface area contributed by atoms with Crippen LogP contribution in [-0.4, -0.2) is 29.0 Å². The van der Waals surface area contributed by atoms with Crippen LogP contribution in [0.5, 0.6) is 0 Å². The molecule has 0 bridgehead atoms. The van der Waals surface area contributed by atoms with Gasteiger partial charge in [-0.1, -0.05) is 0 Å².